The predicted molar refractivity (Wildman–Crippen MR) is 125 cm³/mol. The topological polar surface area (TPSA) is 152 Å². The van der Waals surface area contributed by atoms with Crippen molar-refractivity contribution in [2.75, 3.05) is 5.32 Å². The first-order valence-corrected chi connectivity index (χ1v) is 10.8. The summed E-state index contributed by atoms with van der Waals surface area (Å²) in [7, 11) is 3.14. The first-order valence-electron chi connectivity index (χ1n) is 10.8. The Labute approximate surface area is 204 Å². The largest absolute Gasteiger partial charge is 0.501 e. The number of benzene rings is 1. The lowest BCUT2D eigenvalue weighted by Gasteiger charge is -2.26. The highest BCUT2D eigenvalue weighted by atomic mass is 19.1. The molecule has 11 nitrogen and oxygen atoms in total. The van der Waals surface area contributed by atoms with E-state index in [1.165, 1.54) is 37.7 Å². The third-order valence-electron chi connectivity index (χ3n) is 5.97. The van der Waals surface area contributed by atoms with Crippen LogP contribution in [0.15, 0.2) is 46.2 Å². The van der Waals surface area contributed by atoms with Gasteiger partial charge in [0.05, 0.1) is 23.5 Å². The van der Waals surface area contributed by atoms with E-state index in [0.29, 0.717) is 16.8 Å². The Morgan fingerprint density at radius 2 is 2.06 bits per heavy atom. The lowest BCUT2D eigenvalue weighted by molar-refractivity contribution is 0.101. The van der Waals surface area contributed by atoms with Crippen LogP contribution in [-0.2, 0) is 14.1 Å². The van der Waals surface area contributed by atoms with Crippen molar-refractivity contribution in [2.24, 2.45) is 14.1 Å². The molecule has 0 radical (unpaired) electrons. The highest BCUT2D eigenvalue weighted by molar-refractivity contribution is 6.04. The Morgan fingerprint density at radius 3 is 2.67 bits per heavy atom. The Kier molecular flexibility index (Phi) is 6.39. The summed E-state index contributed by atoms with van der Waals surface area (Å²) in [5.74, 6) is -3.42. The van der Waals surface area contributed by atoms with Crippen molar-refractivity contribution in [1.82, 2.24) is 24.5 Å². The highest BCUT2D eigenvalue weighted by Gasteiger charge is 2.32. The minimum Gasteiger partial charge on any atom is -0.501 e. The monoisotopic (exact) mass is 491 g/mol. The van der Waals surface area contributed by atoms with E-state index in [4.69, 9.17) is 0 Å². The van der Waals surface area contributed by atoms with Gasteiger partial charge in [0.1, 0.15) is 23.6 Å². The van der Waals surface area contributed by atoms with Crippen molar-refractivity contribution in [1.29, 1.82) is 5.26 Å². The number of hydrogen-bond acceptors (Lipinski definition) is 8. The van der Waals surface area contributed by atoms with Crippen LogP contribution in [-0.4, -0.2) is 35.5 Å². The number of aryl methyl sites for hydroxylation is 2. The second kappa shape index (κ2) is 9.46. The summed E-state index contributed by atoms with van der Waals surface area (Å²) in [5.41, 5.74) is 0.802. The van der Waals surface area contributed by atoms with Gasteiger partial charge in [0.25, 0.3) is 11.5 Å². The maximum absolute atomic E-state index is 14.4. The van der Waals surface area contributed by atoms with Gasteiger partial charge in [-0.15, -0.1) is 0 Å². The van der Waals surface area contributed by atoms with Crippen LogP contribution in [0, 0.1) is 24.1 Å². The minimum absolute atomic E-state index is 0.134. The number of hydrogen-bond donors (Lipinski definition) is 2. The number of aromatic nitrogens is 5. The molecule has 12 heteroatoms. The van der Waals surface area contributed by atoms with Crippen molar-refractivity contribution in [3.8, 4) is 11.8 Å². The summed E-state index contributed by atoms with van der Waals surface area (Å²) < 4.78 is 21.8. The number of nitrogens with zero attached hydrogens (tertiary/aromatic N) is 6. The SMILES string of the molecule is Cc1nn(C)cc1[C@@H](c1cc(F)ccc1C#N)[C@H](C)c1nc(C(=O)Nc2cnoc2)c(O)c(=O)n1C. The molecule has 2 N–H and O–H groups in total. The molecular formula is C24H22FN7O4. The Morgan fingerprint density at radius 1 is 1.31 bits per heavy atom. The molecule has 4 rings (SSSR count). The zero-order valence-corrected chi connectivity index (χ0v) is 19.9. The molecule has 1 aromatic carbocycles. The standard InChI is InChI=1S/C24H22FN7O4/c1-12(19(18-10-31(3)30-13(18)2)17-7-15(25)6-5-14(17)8-26)22-29-20(21(33)24(35)32(22)4)23(34)28-16-9-27-36-11-16/h5-7,9-12,19,33H,1-4H3,(H,28,34)/t12-,19+/m0/s1. The van der Waals surface area contributed by atoms with Gasteiger partial charge in [-0.1, -0.05) is 12.1 Å². The number of amides is 1. The van der Waals surface area contributed by atoms with Gasteiger partial charge >= 0.3 is 0 Å². The van der Waals surface area contributed by atoms with Gasteiger partial charge in [0.2, 0.25) is 5.75 Å². The fraction of sp³-hybridized carbons (Fsp3) is 0.250. The fourth-order valence-electron chi connectivity index (χ4n) is 4.30. The molecule has 0 fully saturated rings. The number of nitriles is 1. The van der Waals surface area contributed by atoms with E-state index in [1.54, 1.807) is 31.8 Å². The summed E-state index contributed by atoms with van der Waals surface area (Å²) in [6.07, 6.45) is 4.17. The number of aromatic hydroxyl groups is 1. The summed E-state index contributed by atoms with van der Waals surface area (Å²) in [6.45, 7) is 3.52. The molecule has 0 aliphatic rings. The quantitative estimate of drug-likeness (QED) is 0.418. The average molecular weight is 491 g/mol. The molecular weight excluding hydrogens is 469 g/mol. The first kappa shape index (κ1) is 24.3. The first-order chi connectivity index (χ1) is 17.1. The van der Waals surface area contributed by atoms with Crippen LogP contribution in [0.2, 0.25) is 0 Å². The normalized spacial score (nSPS) is 12.7. The average Bonchev–Trinajstić information content (AvgIpc) is 3.46. The van der Waals surface area contributed by atoms with Gasteiger partial charge in [0.15, 0.2) is 5.69 Å². The van der Waals surface area contributed by atoms with Crippen LogP contribution in [0.5, 0.6) is 5.75 Å². The van der Waals surface area contributed by atoms with Crippen LogP contribution in [0.4, 0.5) is 10.1 Å². The highest BCUT2D eigenvalue weighted by Crippen LogP contribution is 2.40. The van der Waals surface area contributed by atoms with Crippen LogP contribution in [0.3, 0.4) is 0 Å². The molecule has 0 saturated heterocycles. The van der Waals surface area contributed by atoms with E-state index in [9.17, 15) is 24.3 Å². The van der Waals surface area contributed by atoms with E-state index in [2.05, 4.69) is 31.1 Å². The summed E-state index contributed by atoms with van der Waals surface area (Å²) in [6, 6.07) is 5.94. The molecule has 1 amide bonds. The maximum Gasteiger partial charge on any atom is 0.296 e. The lowest BCUT2D eigenvalue weighted by atomic mass is 9.79. The smallest absolute Gasteiger partial charge is 0.296 e. The zero-order chi connectivity index (χ0) is 26.1. The molecule has 0 saturated carbocycles. The molecule has 3 heterocycles. The van der Waals surface area contributed by atoms with Crippen molar-refractivity contribution in [2.45, 2.75) is 25.7 Å². The van der Waals surface area contributed by atoms with E-state index in [0.717, 1.165) is 4.57 Å². The Bertz CT molecular complexity index is 1550. The molecule has 0 aliphatic carbocycles. The van der Waals surface area contributed by atoms with Crippen LogP contribution >= 0.6 is 0 Å². The Hall–Kier alpha value is -4.79. The van der Waals surface area contributed by atoms with Gasteiger partial charge < -0.3 is 14.9 Å². The summed E-state index contributed by atoms with van der Waals surface area (Å²) in [5, 5.41) is 30.5. The molecule has 0 bridgehead atoms. The van der Waals surface area contributed by atoms with E-state index >= 15 is 0 Å². The predicted octanol–water partition coefficient (Wildman–Crippen LogP) is 2.71. The summed E-state index contributed by atoms with van der Waals surface area (Å²) in [4.78, 5) is 30.1. The summed E-state index contributed by atoms with van der Waals surface area (Å²) >= 11 is 0. The third-order valence-corrected chi connectivity index (χ3v) is 5.97. The van der Waals surface area contributed by atoms with Crippen molar-refractivity contribution in [3.63, 3.8) is 0 Å². The van der Waals surface area contributed by atoms with E-state index in [-0.39, 0.29) is 17.1 Å². The van der Waals surface area contributed by atoms with E-state index < -0.39 is 40.6 Å². The molecule has 184 valence electrons. The molecule has 4 aromatic rings. The fourth-order valence-corrected chi connectivity index (χ4v) is 4.30. The molecule has 0 aliphatic heterocycles. The number of nitrogens with one attached hydrogen (secondary N) is 1. The van der Waals surface area contributed by atoms with Crippen molar-refractivity contribution < 1.29 is 18.8 Å². The van der Waals surface area contributed by atoms with Gasteiger partial charge in [-0.05, 0) is 30.7 Å². The van der Waals surface area contributed by atoms with Crippen LogP contribution < -0.4 is 10.9 Å². The molecule has 3 aromatic heterocycles. The number of halogens is 1. The maximum atomic E-state index is 14.4. The molecule has 2 atom stereocenters. The van der Waals surface area contributed by atoms with Gasteiger partial charge in [-0.3, -0.25) is 18.8 Å². The molecule has 0 unspecified atom stereocenters. The second-order valence-electron chi connectivity index (χ2n) is 8.35. The van der Waals surface area contributed by atoms with Crippen molar-refractivity contribution in [3.05, 3.63) is 86.9 Å². The number of carbonyl (C=O) groups is 1. The minimum atomic E-state index is -0.848. The third kappa shape index (κ3) is 4.34. The molecule has 0 spiro atoms. The molecule has 36 heavy (non-hydrogen) atoms. The van der Waals surface area contributed by atoms with Crippen molar-refractivity contribution >= 4 is 11.6 Å². The number of carbonyl (C=O) groups excluding carboxylic acids is 1. The Balaban J connectivity index is 1.91. The zero-order valence-electron chi connectivity index (χ0n) is 19.9. The lowest BCUT2D eigenvalue weighted by Crippen LogP contribution is -2.29. The number of rotatable bonds is 6. The van der Waals surface area contributed by atoms with Crippen LogP contribution in [0.1, 0.15) is 57.5 Å². The van der Waals surface area contributed by atoms with E-state index in [1.807, 2.05) is 0 Å². The van der Waals surface area contributed by atoms with Gasteiger partial charge in [-0.25, -0.2) is 9.37 Å². The second-order valence-corrected chi connectivity index (χ2v) is 8.35. The van der Waals surface area contributed by atoms with Crippen LogP contribution in [0.25, 0.3) is 0 Å². The van der Waals surface area contributed by atoms with Gasteiger partial charge in [-0.2, -0.15) is 10.4 Å². The van der Waals surface area contributed by atoms with Gasteiger partial charge in [0, 0.05) is 37.7 Å². The number of anilines is 1.